The minimum absolute atomic E-state index is 0.0381. The Morgan fingerprint density at radius 3 is 2.55 bits per heavy atom. The van der Waals surface area contributed by atoms with Gasteiger partial charge in [-0.25, -0.2) is 8.42 Å². The van der Waals surface area contributed by atoms with Gasteiger partial charge in [0.1, 0.15) is 5.75 Å². The van der Waals surface area contributed by atoms with Gasteiger partial charge in [0.2, 0.25) is 15.9 Å². The first kappa shape index (κ1) is 28.1. The summed E-state index contributed by atoms with van der Waals surface area (Å²) in [6.07, 6.45) is 0.808. The zero-order valence-corrected chi connectivity index (χ0v) is 23.4. The lowest BCUT2D eigenvalue weighted by Crippen LogP contribution is -2.40. The van der Waals surface area contributed by atoms with E-state index in [2.05, 4.69) is 22.4 Å². The van der Waals surface area contributed by atoms with Crippen molar-refractivity contribution in [2.75, 3.05) is 44.0 Å². The zero-order valence-electron chi connectivity index (χ0n) is 21.8. The Labute approximate surface area is 227 Å². The third-order valence-electron chi connectivity index (χ3n) is 6.18. The molecule has 0 radical (unpaired) electrons. The molecule has 0 spiro atoms. The molecule has 0 saturated carbocycles. The van der Waals surface area contributed by atoms with Crippen molar-refractivity contribution in [1.29, 1.82) is 0 Å². The Bertz CT molecular complexity index is 1340. The number of hydrogen-bond acceptors (Lipinski definition) is 8. The highest BCUT2D eigenvalue weighted by atomic mass is 32.2. The molecule has 204 valence electrons. The van der Waals surface area contributed by atoms with Crippen molar-refractivity contribution >= 4 is 33.4 Å². The number of nitrogens with one attached hydrogen (secondary N) is 1. The first-order valence-electron chi connectivity index (χ1n) is 12.6. The number of anilines is 1. The number of rotatable bonds is 11. The van der Waals surface area contributed by atoms with Gasteiger partial charge in [0, 0.05) is 30.4 Å². The fraction of sp³-hybridized carbons (Fsp3) is 0.423. The van der Waals surface area contributed by atoms with Crippen molar-refractivity contribution in [2.24, 2.45) is 0 Å². The first-order valence-corrected chi connectivity index (χ1v) is 15.0. The van der Waals surface area contributed by atoms with E-state index in [9.17, 15) is 13.2 Å². The molecule has 1 saturated heterocycles. The standard InChI is InChI=1S/C26H33N5O5S2/c1-4-19(3)31-25(20-7-6-8-23(17-20)38(33,34)30-13-15-35-16-14-30)28-29-26(31)37-18-24(32)27-21-9-11-22(12-10-21)36-5-2/h6-12,17,19H,4-5,13-16,18H2,1-3H3,(H,27,32). The van der Waals surface area contributed by atoms with Gasteiger partial charge in [0.25, 0.3) is 0 Å². The largest absolute Gasteiger partial charge is 0.494 e. The quantitative estimate of drug-likeness (QED) is 0.350. The van der Waals surface area contributed by atoms with Crippen molar-refractivity contribution in [1.82, 2.24) is 19.1 Å². The number of thioether (sulfide) groups is 1. The number of ether oxygens (including phenoxy) is 2. The molecule has 1 aromatic heterocycles. The lowest BCUT2D eigenvalue weighted by atomic mass is 10.2. The maximum absolute atomic E-state index is 13.2. The molecule has 10 nitrogen and oxygen atoms in total. The van der Waals surface area contributed by atoms with Crippen molar-refractivity contribution in [3.63, 3.8) is 0 Å². The van der Waals surface area contributed by atoms with Crippen LogP contribution in [0.5, 0.6) is 5.75 Å². The van der Waals surface area contributed by atoms with Crippen molar-refractivity contribution in [3.8, 4) is 17.1 Å². The molecule has 1 unspecified atom stereocenters. The van der Waals surface area contributed by atoms with Crippen molar-refractivity contribution in [3.05, 3.63) is 48.5 Å². The van der Waals surface area contributed by atoms with Gasteiger partial charge in [0.05, 0.1) is 30.5 Å². The molecule has 3 aromatic rings. The number of benzene rings is 2. The van der Waals surface area contributed by atoms with Gasteiger partial charge in [-0.05, 0) is 56.7 Å². The summed E-state index contributed by atoms with van der Waals surface area (Å²) in [5, 5.41) is 12.2. The lowest BCUT2D eigenvalue weighted by molar-refractivity contribution is -0.113. The van der Waals surface area contributed by atoms with Crippen molar-refractivity contribution < 1.29 is 22.7 Å². The van der Waals surface area contributed by atoms with Crippen LogP contribution in [-0.2, 0) is 19.6 Å². The summed E-state index contributed by atoms with van der Waals surface area (Å²) in [6.45, 7) is 8.02. The summed E-state index contributed by atoms with van der Waals surface area (Å²) in [6, 6.07) is 14.0. The van der Waals surface area contributed by atoms with Gasteiger partial charge in [-0.1, -0.05) is 30.8 Å². The lowest BCUT2D eigenvalue weighted by Gasteiger charge is -2.26. The number of carbonyl (C=O) groups is 1. The van der Waals surface area contributed by atoms with Crippen LogP contribution in [0.1, 0.15) is 33.2 Å². The Hall–Kier alpha value is -2.93. The molecule has 12 heteroatoms. The molecule has 1 fully saturated rings. The maximum Gasteiger partial charge on any atom is 0.243 e. The van der Waals surface area contributed by atoms with E-state index in [4.69, 9.17) is 9.47 Å². The average Bonchev–Trinajstić information content (AvgIpc) is 3.37. The maximum atomic E-state index is 13.2. The number of nitrogens with zero attached hydrogens (tertiary/aromatic N) is 4. The van der Waals surface area contributed by atoms with E-state index in [-0.39, 0.29) is 22.6 Å². The molecule has 0 aliphatic carbocycles. The SMILES string of the molecule is CCOc1ccc(NC(=O)CSc2nnc(-c3cccc(S(=O)(=O)N4CCOCC4)c3)n2C(C)CC)cc1. The van der Waals surface area contributed by atoms with Crippen LogP contribution >= 0.6 is 11.8 Å². The summed E-state index contributed by atoms with van der Waals surface area (Å²) in [7, 11) is -3.65. The molecule has 1 aliphatic rings. The highest BCUT2D eigenvalue weighted by Crippen LogP contribution is 2.31. The second-order valence-corrected chi connectivity index (χ2v) is 11.7. The van der Waals surface area contributed by atoms with E-state index in [1.54, 1.807) is 30.3 Å². The van der Waals surface area contributed by atoms with E-state index in [0.717, 1.165) is 12.2 Å². The molecule has 2 heterocycles. The fourth-order valence-corrected chi connectivity index (χ4v) is 6.30. The molecule has 1 atom stereocenters. The monoisotopic (exact) mass is 559 g/mol. The van der Waals surface area contributed by atoms with Gasteiger partial charge in [-0.3, -0.25) is 9.36 Å². The minimum atomic E-state index is -3.65. The second kappa shape index (κ2) is 12.7. The molecule has 1 aliphatic heterocycles. The van der Waals surface area contributed by atoms with Crippen LogP contribution in [0.3, 0.4) is 0 Å². The first-order chi connectivity index (χ1) is 18.3. The van der Waals surface area contributed by atoms with E-state index in [1.807, 2.05) is 36.6 Å². The summed E-state index contributed by atoms with van der Waals surface area (Å²) < 4.78 is 40.6. The summed E-state index contributed by atoms with van der Waals surface area (Å²) in [5.41, 5.74) is 1.33. The van der Waals surface area contributed by atoms with Crippen LogP contribution in [0.15, 0.2) is 58.6 Å². The van der Waals surface area contributed by atoms with Crippen LogP contribution in [0.2, 0.25) is 0 Å². The Balaban J connectivity index is 1.52. The zero-order chi connectivity index (χ0) is 27.1. The predicted molar refractivity (Wildman–Crippen MR) is 147 cm³/mol. The number of sulfonamides is 1. The average molecular weight is 560 g/mol. The molecule has 4 rings (SSSR count). The molecule has 0 bridgehead atoms. The van der Waals surface area contributed by atoms with Gasteiger partial charge >= 0.3 is 0 Å². The number of aromatic nitrogens is 3. The highest BCUT2D eigenvalue weighted by molar-refractivity contribution is 7.99. The molecular weight excluding hydrogens is 526 g/mol. The van der Waals surface area contributed by atoms with Crippen LogP contribution in [0.25, 0.3) is 11.4 Å². The summed E-state index contributed by atoms with van der Waals surface area (Å²) in [4.78, 5) is 12.8. The van der Waals surface area contributed by atoms with Crippen LogP contribution < -0.4 is 10.1 Å². The molecule has 1 N–H and O–H groups in total. The predicted octanol–water partition coefficient (Wildman–Crippen LogP) is 4.07. The van der Waals surface area contributed by atoms with Gasteiger partial charge < -0.3 is 14.8 Å². The Kier molecular flexibility index (Phi) is 9.42. The van der Waals surface area contributed by atoms with Crippen LogP contribution in [-0.4, -0.2) is 72.1 Å². The Morgan fingerprint density at radius 1 is 1.13 bits per heavy atom. The van der Waals surface area contributed by atoms with Gasteiger partial charge in [0.15, 0.2) is 11.0 Å². The minimum Gasteiger partial charge on any atom is -0.494 e. The van der Waals surface area contributed by atoms with E-state index >= 15 is 0 Å². The van der Waals surface area contributed by atoms with Crippen LogP contribution in [0, 0.1) is 0 Å². The van der Waals surface area contributed by atoms with Crippen molar-refractivity contribution in [2.45, 2.75) is 43.3 Å². The second-order valence-electron chi connectivity index (χ2n) is 8.77. The smallest absolute Gasteiger partial charge is 0.243 e. The normalized spacial score (nSPS) is 15.2. The van der Waals surface area contributed by atoms with E-state index in [1.165, 1.54) is 16.1 Å². The molecule has 1 amide bonds. The fourth-order valence-electron chi connectivity index (χ4n) is 4.01. The van der Waals surface area contributed by atoms with E-state index in [0.29, 0.717) is 55.1 Å². The van der Waals surface area contributed by atoms with Gasteiger partial charge in [-0.2, -0.15) is 4.31 Å². The van der Waals surface area contributed by atoms with E-state index < -0.39 is 10.0 Å². The molecule has 38 heavy (non-hydrogen) atoms. The highest BCUT2D eigenvalue weighted by Gasteiger charge is 2.27. The number of hydrogen-bond donors (Lipinski definition) is 1. The molecular formula is C26H33N5O5S2. The number of morpholine rings is 1. The topological polar surface area (TPSA) is 116 Å². The third-order valence-corrected chi connectivity index (χ3v) is 9.02. The van der Waals surface area contributed by atoms with Crippen LogP contribution in [0.4, 0.5) is 5.69 Å². The van der Waals surface area contributed by atoms with Gasteiger partial charge in [-0.15, -0.1) is 10.2 Å². The summed E-state index contributed by atoms with van der Waals surface area (Å²) in [5.74, 6) is 1.29. The summed E-state index contributed by atoms with van der Waals surface area (Å²) >= 11 is 1.29. The Morgan fingerprint density at radius 2 is 1.87 bits per heavy atom. The number of amides is 1. The molecule has 2 aromatic carbocycles. The third kappa shape index (κ3) is 6.55. The number of carbonyl (C=O) groups excluding carboxylic acids is 1.